The quantitative estimate of drug-likeness (QED) is 0.638. The molecule has 2 aliphatic rings. The number of aryl methyl sites for hydroxylation is 1. The third-order valence-corrected chi connectivity index (χ3v) is 7.23. The van der Waals surface area contributed by atoms with Gasteiger partial charge in [-0.15, -0.1) is 0 Å². The molecular formula is C24H32BrN3O2. The van der Waals surface area contributed by atoms with Crippen molar-refractivity contribution in [3.05, 3.63) is 40.2 Å². The number of halogens is 1. The highest BCUT2D eigenvalue weighted by molar-refractivity contribution is 9.10. The van der Waals surface area contributed by atoms with Gasteiger partial charge in [0.25, 0.3) is 0 Å². The molecule has 1 aromatic heterocycles. The van der Waals surface area contributed by atoms with Gasteiger partial charge in [-0.3, -0.25) is 9.69 Å². The number of likely N-dealkylation sites (tertiary alicyclic amines) is 1. The molecule has 2 heterocycles. The third kappa shape index (κ3) is 5.14. The van der Waals surface area contributed by atoms with Crippen LogP contribution < -0.4 is 5.32 Å². The van der Waals surface area contributed by atoms with E-state index in [9.17, 15) is 4.79 Å². The zero-order chi connectivity index (χ0) is 21.1. The van der Waals surface area contributed by atoms with Gasteiger partial charge in [-0.05, 0) is 69.8 Å². The standard InChI is InChI=1S/C24H32BrN3O2/c1-16-6-3-4-9-21(16)26-23(29)18-10-12-28(13-11-18)15-22-17(2)30-24(27-22)19-7-5-8-20(25)14-19/h5,7-8,14,16,18,21H,3-4,6,9-13,15H2,1-2H3,(H,26,29)/t16-,21-/m0/s1. The molecule has 162 valence electrons. The Balaban J connectivity index is 1.30. The molecule has 4 rings (SSSR count). The predicted molar refractivity (Wildman–Crippen MR) is 122 cm³/mol. The molecule has 0 radical (unpaired) electrons. The van der Waals surface area contributed by atoms with Crippen LogP contribution in [0.1, 0.15) is 56.9 Å². The molecule has 1 aliphatic carbocycles. The smallest absolute Gasteiger partial charge is 0.226 e. The van der Waals surface area contributed by atoms with Crippen molar-refractivity contribution >= 4 is 21.8 Å². The number of aromatic nitrogens is 1. The minimum Gasteiger partial charge on any atom is -0.441 e. The predicted octanol–water partition coefficient (Wildman–Crippen LogP) is 5.32. The lowest BCUT2D eigenvalue weighted by molar-refractivity contribution is -0.127. The Labute approximate surface area is 187 Å². The van der Waals surface area contributed by atoms with Crippen molar-refractivity contribution in [2.45, 2.75) is 65.0 Å². The van der Waals surface area contributed by atoms with Gasteiger partial charge in [0, 0.05) is 28.5 Å². The van der Waals surface area contributed by atoms with E-state index < -0.39 is 0 Å². The van der Waals surface area contributed by atoms with Gasteiger partial charge in [-0.2, -0.15) is 0 Å². The molecule has 1 aliphatic heterocycles. The van der Waals surface area contributed by atoms with Gasteiger partial charge >= 0.3 is 0 Å². The van der Waals surface area contributed by atoms with Gasteiger partial charge in [-0.1, -0.05) is 41.8 Å². The highest BCUT2D eigenvalue weighted by Gasteiger charge is 2.29. The van der Waals surface area contributed by atoms with Gasteiger partial charge in [-0.25, -0.2) is 4.98 Å². The summed E-state index contributed by atoms with van der Waals surface area (Å²) in [7, 11) is 0. The summed E-state index contributed by atoms with van der Waals surface area (Å²) in [6, 6.07) is 8.39. The van der Waals surface area contributed by atoms with Crippen LogP contribution in [-0.2, 0) is 11.3 Å². The van der Waals surface area contributed by atoms with Crippen LogP contribution in [-0.4, -0.2) is 34.9 Å². The maximum Gasteiger partial charge on any atom is 0.226 e. The maximum absolute atomic E-state index is 12.8. The number of rotatable bonds is 5. The van der Waals surface area contributed by atoms with Crippen LogP contribution in [0.2, 0.25) is 0 Å². The van der Waals surface area contributed by atoms with E-state index in [2.05, 4.69) is 33.1 Å². The summed E-state index contributed by atoms with van der Waals surface area (Å²) >= 11 is 3.51. The fourth-order valence-electron chi connectivity index (χ4n) is 4.72. The van der Waals surface area contributed by atoms with Crippen molar-refractivity contribution in [3.8, 4) is 11.5 Å². The van der Waals surface area contributed by atoms with Crippen LogP contribution in [0.15, 0.2) is 33.2 Å². The molecule has 2 aromatic rings. The molecule has 0 unspecified atom stereocenters. The maximum atomic E-state index is 12.8. The third-order valence-electron chi connectivity index (χ3n) is 6.74. The number of hydrogen-bond donors (Lipinski definition) is 1. The van der Waals surface area contributed by atoms with E-state index in [1.54, 1.807) is 0 Å². The van der Waals surface area contributed by atoms with Crippen molar-refractivity contribution in [2.75, 3.05) is 13.1 Å². The number of nitrogens with one attached hydrogen (secondary N) is 1. The molecule has 2 fully saturated rings. The van der Waals surface area contributed by atoms with Gasteiger partial charge in [0.15, 0.2) is 0 Å². The summed E-state index contributed by atoms with van der Waals surface area (Å²) in [6.07, 6.45) is 6.76. The lowest BCUT2D eigenvalue weighted by Crippen LogP contribution is -2.46. The monoisotopic (exact) mass is 473 g/mol. The summed E-state index contributed by atoms with van der Waals surface area (Å²) in [6.45, 7) is 6.88. The van der Waals surface area contributed by atoms with Crippen molar-refractivity contribution in [1.82, 2.24) is 15.2 Å². The second kappa shape index (κ2) is 9.65. The molecule has 1 amide bonds. The second-order valence-electron chi connectivity index (χ2n) is 8.96. The first-order valence-corrected chi connectivity index (χ1v) is 12.0. The number of benzene rings is 1. The van der Waals surface area contributed by atoms with Crippen LogP contribution in [0.25, 0.3) is 11.5 Å². The van der Waals surface area contributed by atoms with Gasteiger partial charge < -0.3 is 9.73 Å². The molecule has 1 saturated carbocycles. The number of nitrogens with zero attached hydrogens (tertiary/aromatic N) is 2. The molecule has 1 N–H and O–H groups in total. The molecule has 1 aromatic carbocycles. The Bertz CT molecular complexity index is 873. The SMILES string of the molecule is Cc1oc(-c2cccc(Br)c2)nc1CN1CCC(C(=O)N[C@H]2CCCC[C@@H]2C)CC1. The molecular weight excluding hydrogens is 442 g/mol. The van der Waals surface area contributed by atoms with Crippen LogP contribution >= 0.6 is 15.9 Å². The van der Waals surface area contributed by atoms with Crippen molar-refractivity contribution < 1.29 is 9.21 Å². The average Bonchev–Trinajstić information content (AvgIpc) is 3.10. The minimum absolute atomic E-state index is 0.144. The van der Waals surface area contributed by atoms with Crippen LogP contribution in [0.5, 0.6) is 0 Å². The summed E-state index contributed by atoms with van der Waals surface area (Å²) in [4.78, 5) is 19.9. The zero-order valence-electron chi connectivity index (χ0n) is 18.0. The van der Waals surface area contributed by atoms with Crippen molar-refractivity contribution in [1.29, 1.82) is 0 Å². The topological polar surface area (TPSA) is 58.4 Å². The molecule has 5 nitrogen and oxygen atoms in total. The summed E-state index contributed by atoms with van der Waals surface area (Å²) < 4.78 is 6.94. The number of hydrogen-bond acceptors (Lipinski definition) is 4. The van der Waals surface area contributed by atoms with Gasteiger partial charge in [0.2, 0.25) is 11.8 Å². The molecule has 2 atom stereocenters. The van der Waals surface area contributed by atoms with Crippen molar-refractivity contribution in [3.63, 3.8) is 0 Å². The van der Waals surface area contributed by atoms with E-state index in [1.165, 1.54) is 19.3 Å². The summed E-state index contributed by atoms with van der Waals surface area (Å²) in [5.41, 5.74) is 1.97. The fourth-order valence-corrected chi connectivity index (χ4v) is 5.12. The molecule has 1 saturated heterocycles. The Hall–Kier alpha value is -1.66. The normalized spacial score (nSPS) is 23.4. The van der Waals surface area contributed by atoms with E-state index in [0.29, 0.717) is 17.9 Å². The first kappa shape index (κ1) is 21.6. The number of carbonyl (C=O) groups excluding carboxylic acids is 1. The fraction of sp³-hybridized carbons (Fsp3) is 0.583. The van der Waals surface area contributed by atoms with E-state index in [1.807, 2.05) is 31.2 Å². The first-order valence-electron chi connectivity index (χ1n) is 11.2. The van der Waals surface area contributed by atoms with E-state index in [-0.39, 0.29) is 11.8 Å². The van der Waals surface area contributed by atoms with E-state index in [0.717, 1.165) is 60.4 Å². The average molecular weight is 474 g/mol. The highest BCUT2D eigenvalue weighted by Crippen LogP contribution is 2.27. The summed E-state index contributed by atoms with van der Waals surface area (Å²) in [5, 5.41) is 3.35. The molecule has 0 bridgehead atoms. The summed E-state index contributed by atoms with van der Waals surface area (Å²) in [5.74, 6) is 2.56. The largest absolute Gasteiger partial charge is 0.441 e. The number of piperidine rings is 1. The number of oxazole rings is 1. The lowest BCUT2D eigenvalue weighted by atomic mass is 9.85. The van der Waals surface area contributed by atoms with Gasteiger partial charge in [0.1, 0.15) is 5.76 Å². The van der Waals surface area contributed by atoms with Gasteiger partial charge in [0.05, 0.1) is 5.69 Å². The second-order valence-corrected chi connectivity index (χ2v) is 9.88. The Morgan fingerprint density at radius 2 is 2.00 bits per heavy atom. The lowest BCUT2D eigenvalue weighted by Gasteiger charge is -2.34. The molecule has 6 heteroatoms. The Kier molecular flexibility index (Phi) is 6.94. The Morgan fingerprint density at radius 3 is 2.73 bits per heavy atom. The van der Waals surface area contributed by atoms with E-state index >= 15 is 0 Å². The minimum atomic E-state index is 0.144. The van der Waals surface area contributed by atoms with Crippen LogP contribution in [0, 0.1) is 18.8 Å². The molecule has 0 spiro atoms. The zero-order valence-corrected chi connectivity index (χ0v) is 19.6. The van der Waals surface area contributed by atoms with Crippen molar-refractivity contribution in [2.24, 2.45) is 11.8 Å². The molecule has 30 heavy (non-hydrogen) atoms. The Morgan fingerprint density at radius 1 is 1.23 bits per heavy atom. The van der Waals surface area contributed by atoms with Crippen LogP contribution in [0.4, 0.5) is 0 Å². The highest BCUT2D eigenvalue weighted by atomic mass is 79.9. The van der Waals surface area contributed by atoms with Crippen LogP contribution in [0.3, 0.4) is 0 Å². The number of amides is 1. The number of carbonyl (C=O) groups is 1. The van der Waals surface area contributed by atoms with E-state index in [4.69, 9.17) is 9.40 Å². The first-order chi connectivity index (χ1) is 14.5.